The number of aromatic hydroxyl groups is 1. The molecule has 1 amide bonds. The molecule has 2 aromatic carbocycles. The number of piperidine rings is 1. The van der Waals surface area contributed by atoms with Crippen LogP contribution in [0.3, 0.4) is 0 Å². The van der Waals surface area contributed by atoms with Crippen LogP contribution in [0.15, 0.2) is 58.3 Å². The molecule has 0 spiro atoms. The molecule has 5 heteroatoms. The Hall–Kier alpha value is -1.98. The van der Waals surface area contributed by atoms with Gasteiger partial charge in [-0.2, -0.15) is 0 Å². The van der Waals surface area contributed by atoms with Gasteiger partial charge in [0.05, 0.1) is 0 Å². The number of fused-ring (bicyclic) bond motifs is 4. The van der Waals surface area contributed by atoms with Crippen LogP contribution in [0.2, 0.25) is 0 Å². The first-order valence-electron chi connectivity index (χ1n) is 9.26. The van der Waals surface area contributed by atoms with Gasteiger partial charge in [-0.15, -0.1) is 0 Å². The SMILES string of the molecule is O=C(NC1CC2CCN(CC2)C1)c1ccc(Sc2cccc(O)c2)cc1. The Bertz CT molecular complexity index is 756. The Morgan fingerprint density at radius 3 is 2.58 bits per heavy atom. The van der Waals surface area contributed by atoms with Crippen molar-refractivity contribution in [2.75, 3.05) is 19.6 Å². The van der Waals surface area contributed by atoms with E-state index in [2.05, 4.69) is 10.2 Å². The number of carbonyl (C=O) groups is 1. The Kier molecular flexibility index (Phi) is 5.18. The van der Waals surface area contributed by atoms with Crippen molar-refractivity contribution < 1.29 is 9.90 Å². The van der Waals surface area contributed by atoms with Crippen LogP contribution in [0.1, 0.15) is 29.6 Å². The maximum atomic E-state index is 12.6. The van der Waals surface area contributed by atoms with Crippen molar-refractivity contribution in [3.63, 3.8) is 0 Å². The molecule has 1 unspecified atom stereocenters. The first kappa shape index (κ1) is 17.4. The van der Waals surface area contributed by atoms with Crippen LogP contribution >= 0.6 is 11.8 Å². The van der Waals surface area contributed by atoms with E-state index in [0.717, 1.165) is 28.7 Å². The molecule has 5 rings (SSSR count). The second-order valence-corrected chi connectivity index (χ2v) is 8.42. The molecule has 3 heterocycles. The van der Waals surface area contributed by atoms with Crippen LogP contribution in [0, 0.1) is 5.92 Å². The Balaban J connectivity index is 1.37. The number of hydrogen-bond donors (Lipinski definition) is 2. The van der Waals surface area contributed by atoms with Gasteiger partial charge in [-0.1, -0.05) is 17.8 Å². The zero-order valence-electron chi connectivity index (χ0n) is 14.7. The topological polar surface area (TPSA) is 52.6 Å². The largest absolute Gasteiger partial charge is 0.508 e. The number of phenolic OH excluding ortho intramolecular Hbond substituents is 1. The number of carbonyl (C=O) groups excluding carboxylic acids is 1. The molecule has 1 atom stereocenters. The number of phenols is 1. The lowest BCUT2D eigenvalue weighted by atomic mass is 9.94. The minimum atomic E-state index is 0.0198. The van der Waals surface area contributed by atoms with Gasteiger partial charge < -0.3 is 15.3 Å². The van der Waals surface area contributed by atoms with E-state index in [1.807, 2.05) is 36.4 Å². The van der Waals surface area contributed by atoms with E-state index >= 15 is 0 Å². The number of amides is 1. The van der Waals surface area contributed by atoms with Crippen molar-refractivity contribution >= 4 is 17.7 Å². The summed E-state index contributed by atoms with van der Waals surface area (Å²) in [7, 11) is 0. The summed E-state index contributed by atoms with van der Waals surface area (Å²) < 4.78 is 0. The van der Waals surface area contributed by atoms with Gasteiger partial charge in [0.1, 0.15) is 5.75 Å². The van der Waals surface area contributed by atoms with Gasteiger partial charge in [0.2, 0.25) is 0 Å². The second-order valence-electron chi connectivity index (χ2n) is 7.27. The van der Waals surface area contributed by atoms with Crippen molar-refractivity contribution in [1.82, 2.24) is 10.2 Å². The molecular weight excluding hydrogens is 344 g/mol. The quantitative estimate of drug-likeness (QED) is 0.863. The highest BCUT2D eigenvalue weighted by molar-refractivity contribution is 7.99. The monoisotopic (exact) mass is 368 g/mol. The first-order valence-corrected chi connectivity index (χ1v) is 10.1. The van der Waals surface area contributed by atoms with Gasteiger partial charge in [0.25, 0.3) is 5.91 Å². The summed E-state index contributed by atoms with van der Waals surface area (Å²) in [5.41, 5.74) is 0.705. The molecule has 0 radical (unpaired) electrons. The second kappa shape index (κ2) is 7.72. The summed E-state index contributed by atoms with van der Waals surface area (Å²) in [4.78, 5) is 17.1. The molecule has 2 bridgehead atoms. The predicted molar refractivity (Wildman–Crippen MR) is 104 cm³/mol. The fraction of sp³-hybridized carbons (Fsp3) is 0.381. The Morgan fingerprint density at radius 2 is 1.85 bits per heavy atom. The molecule has 3 aliphatic heterocycles. The molecule has 4 nitrogen and oxygen atoms in total. The fourth-order valence-electron chi connectivity index (χ4n) is 3.92. The summed E-state index contributed by atoms with van der Waals surface area (Å²) in [5.74, 6) is 1.05. The maximum Gasteiger partial charge on any atom is 0.251 e. The van der Waals surface area contributed by atoms with E-state index in [0.29, 0.717) is 5.56 Å². The molecule has 3 aliphatic rings. The predicted octanol–water partition coefficient (Wildman–Crippen LogP) is 3.76. The number of nitrogens with one attached hydrogen (secondary N) is 1. The van der Waals surface area contributed by atoms with Gasteiger partial charge in [-0.3, -0.25) is 4.79 Å². The van der Waals surface area contributed by atoms with Crippen LogP contribution in [0.5, 0.6) is 5.75 Å². The lowest BCUT2D eigenvalue weighted by Crippen LogP contribution is -2.41. The molecule has 0 aliphatic carbocycles. The third-order valence-corrected chi connectivity index (χ3v) is 6.31. The molecule has 0 aromatic heterocycles. The maximum absolute atomic E-state index is 12.6. The van der Waals surface area contributed by atoms with E-state index in [9.17, 15) is 9.90 Å². The molecule has 136 valence electrons. The van der Waals surface area contributed by atoms with Crippen molar-refractivity contribution in [3.8, 4) is 5.75 Å². The van der Waals surface area contributed by atoms with Gasteiger partial charge >= 0.3 is 0 Å². The molecule has 0 saturated carbocycles. The van der Waals surface area contributed by atoms with Gasteiger partial charge in [-0.25, -0.2) is 0 Å². The minimum absolute atomic E-state index is 0.0198. The van der Waals surface area contributed by atoms with Crippen LogP contribution in [-0.2, 0) is 0 Å². The van der Waals surface area contributed by atoms with E-state index in [4.69, 9.17) is 0 Å². The normalized spacial score (nSPS) is 24.8. The zero-order valence-corrected chi connectivity index (χ0v) is 15.5. The average molecular weight is 369 g/mol. The van der Waals surface area contributed by atoms with Gasteiger partial charge in [0.15, 0.2) is 0 Å². The van der Waals surface area contributed by atoms with Gasteiger partial charge in [-0.05, 0) is 80.7 Å². The van der Waals surface area contributed by atoms with Crippen molar-refractivity contribution in [2.24, 2.45) is 5.92 Å². The number of rotatable bonds is 4. The fourth-order valence-corrected chi connectivity index (χ4v) is 4.79. The Labute approximate surface area is 158 Å². The van der Waals surface area contributed by atoms with Crippen molar-refractivity contribution in [2.45, 2.75) is 35.1 Å². The summed E-state index contributed by atoms with van der Waals surface area (Å²) in [6.45, 7) is 3.34. The van der Waals surface area contributed by atoms with Crippen LogP contribution < -0.4 is 5.32 Å². The summed E-state index contributed by atoms with van der Waals surface area (Å²) in [6.07, 6.45) is 3.65. The molecule has 2 aromatic rings. The summed E-state index contributed by atoms with van der Waals surface area (Å²) >= 11 is 1.57. The highest BCUT2D eigenvalue weighted by atomic mass is 32.2. The summed E-state index contributed by atoms with van der Waals surface area (Å²) in [5, 5.41) is 12.8. The molecule has 2 N–H and O–H groups in total. The third-order valence-electron chi connectivity index (χ3n) is 5.31. The van der Waals surface area contributed by atoms with Crippen molar-refractivity contribution in [1.29, 1.82) is 0 Å². The molecular formula is C21H24N2O2S. The zero-order chi connectivity index (χ0) is 17.9. The highest BCUT2D eigenvalue weighted by Crippen LogP contribution is 2.30. The first-order chi connectivity index (χ1) is 12.7. The third kappa shape index (κ3) is 4.22. The van der Waals surface area contributed by atoms with Crippen LogP contribution in [-0.4, -0.2) is 41.6 Å². The van der Waals surface area contributed by atoms with E-state index in [1.54, 1.807) is 23.9 Å². The van der Waals surface area contributed by atoms with Gasteiger partial charge in [0, 0.05) is 27.9 Å². The smallest absolute Gasteiger partial charge is 0.251 e. The lowest BCUT2D eigenvalue weighted by molar-refractivity contribution is 0.0928. The number of benzene rings is 2. The van der Waals surface area contributed by atoms with Crippen LogP contribution in [0.25, 0.3) is 0 Å². The summed E-state index contributed by atoms with van der Waals surface area (Å²) in [6, 6.07) is 15.1. The standard InChI is InChI=1S/C21H24N2O2S/c24-18-2-1-3-20(13-18)26-19-6-4-16(5-7-19)21(25)22-17-12-15-8-10-23(14-17)11-9-15/h1-7,13,15,17,24H,8-12,14H2,(H,22,25). The van der Waals surface area contributed by atoms with E-state index < -0.39 is 0 Å². The average Bonchev–Trinajstić information content (AvgIpc) is 2.94. The lowest BCUT2D eigenvalue weighted by Gasteiger charge is -2.26. The highest BCUT2D eigenvalue weighted by Gasteiger charge is 2.29. The molecule has 3 fully saturated rings. The minimum Gasteiger partial charge on any atom is -0.508 e. The molecule has 26 heavy (non-hydrogen) atoms. The van der Waals surface area contributed by atoms with E-state index in [-0.39, 0.29) is 17.7 Å². The Morgan fingerprint density at radius 1 is 1.08 bits per heavy atom. The number of hydrogen-bond acceptors (Lipinski definition) is 4. The number of nitrogens with zero attached hydrogens (tertiary/aromatic N) is 1. The van der Waals surface area contributed by atoms with Crippen LogP contribution in [0.4, 0.5) is 0 Å². The molecule has 3 saturated heterocycles. The van der Waals surface area contributed by atoms with Crippen molar-refractivity contribution in [3.05, 3.63) is 54.1 Å². The van der Waals surface area contributed by atoms with E-state index in [1.165, 1.54) is 25.9 Å².